The van der Waals surface area contributed by atoms with Crippen molar-refractivity contribution in [3.63, 3.8) is 0 Å². The van der Waals surface area contributed by atoms with Crippen molar-refractivity contribution in [3.05, 3.63) is 29.3 Å². The molecule has 0 aliphatic heterocycles. The molecule has 0 fully saturated rings. The minimum atomic E-state index is -0.972. The molecule has 0 unspecified atom stereocenters. The van der Waals surface area contributed by atoms with Crippen molar-refractivity contribution in [3.8, 4) is 0 Å². The van der Waals surface area contributed by atoms with Crippen molar-refractivity contribution in [1.82, 2.24) is 0 Å². The smallest absolute Gasteiger partial charge is 0.338 e. The lowest BCUT2D eigenvalue weighted by Gasteiger charge is -2.02. The second-order valence-corrected chi connectivity index (χ2v) is 2.34. The largest absolute Gasteiger partial charge is 0.478 e. The Balaban J connectivity index is 0.000000671. The topological polar surface area (TPSA) is 63.3 Å². The molecule has 0 aromatic heterocycles. The van der Waals surface area contributed by atoms with Crippen LogP contribution in [0.3, 0.4) is 0 Å². The number of rotatable bonds is 1. The Labute approximate surface area is 78.2 Å². The van der Waals surface area contributed by atoms with Crippen LogP contribution in [0.25, 0.3) is 0 Å². The van der Waals surface area contributed by atoms with Gasteiger partial charge in [-0.1, -0.05) is 26.0 Å². The highest BCUT2D eigenvalue weighted by atomic mass is 16.4. The van der Waals surface area contributed by atoms with Gasteiger partial charge in [0, 0.05) is 5.69 Å². The fourth-order valence-electron chi connectivity index (χ4n) is 0.983. The number of carbonyl (C=O) groups is 1. The van der Waals surface area contributed by atoms with Gasteiger partial charge in [-0.25, -0.2) is 4.79 Å². The van der Waals surface area contributed by atoms with E-state index < -0.39 is 5.97 Å². The third-order valence-corrected chi connectivity index (χ3v) is 1.52. The zero-order valence-corrected chi connectivity index (χ0v) is 8.16. The molecule has 0 aliphatic rings. The zero-order valence-electron chi connectivity index (χ0n) is 8.16. The Morgan fingerprint density at radius 1 is 1.38 bits per heavy atom. The van der Waals surface area contributed by atoms with Crippen LogP contribution in [0.5, 0.6) is 0 Å². The molecule has 0 saturated heterocycles. The van der Waals surface area contributed by atoms with Crippen molar-refractivity contribution >= 4 is 11.7 Å². The number of benzene rings is 1. The van der Waals surface area contributed by atoms with Gasteiger partial charge < -0.3 is 10.8 Å². The third-order valence-electron chi connectivity index (χ3n) is 1.52. The molecule has 72 valence electrons. The summed E-state index contributed by atoms with van der Waals surface area (Å²) in [6.07, 6.45) is 0. The van der Waals surface area contributed by atoms with Crippen LogP contribution < -0.4 is 5.73 Å². The van der Waals surface area contributed by atoms with Crippen LogP contribution in [0.4, 0.5) is 5.69 Å². The second-order valence-electron chi connectivity index (χ2n) is 2.34. The minimum absolute atomic E-state index is 0.201. The molecule has 1 rings (SSSR count). The van der Waals surface area contributed by atoms with Gasteiger partial charge in [0.25, 0.3) is 0 Å². The molecule has 3 heteroatoms. The average Bonchev–Trinajstić information content (AvgIpc) is 2.07. The Morgan fingerprint density at radius 3 is 2.23 bits per heavy atom. The lowest BCUT2D eigenvalue weighted by atomic mass is 10.1. The molecule has 0 radical (unpaired) electrons. The maximum Gasteiger partial charge on any atom is 0.338 e. The molecule has 0 aliphatic carbocycles. The van der Waals surface area contributed by atoms with Gasteiger partial charge in [0.05, 0.1) is 5.56 Å². The van der Waals surface area contributed by atoms with Crippen molar-refractivity contribution in [2.24, 2.45) is 0 Å². The first kappa shape index (κ1) is 11.5. The number of nitrogen functional groups attached to an aromatic ring is 1. The molecular formula is C10H15NO2. The Bertz CT molecular complexity index is 275. The molecule has 0 saturated carbocycles. The molecule has 0 bridgehead atoms. The molecule has 3 N–H and O–H groups in total. The fraction of sp³-hybridized carbons (Fsp3) is 0.300. The highest BCUT2D eigenvalue weighted by Gasteiger charge is 2.09. The van der Waals surface area contributed by atoms with E-state index in [2.05, 4.69) is 0 Å². The van der Waals surface area contributed by atoms with Gasteiger partial charge in [-0.15, -0.1) is 0 Å². The lowest BCUT2D eigenvalue weighted by molar-refractivity contribution is 0.0697. The summed E-state index contributed by atoms with van der Waals surface area (Å²) in [5.74, 6) is -0.972. The van der Waals surface area contributed by atoms with Crippen molar-refractivity contribution in [2.45, 2.75) is 20.8 Å². The van der Waals surface area contributed by atoms with E-state index in [4.69, 9.17) is 10.8 Å². The van der Waals surface area contributed by atoms with Crippen LogP contribution in [-0.2, 0) is 0 Å². The number of aryl methyl sites for hydroxylation is 1. The van der Waals surface area contributed by atoms with Gasteiger partial charge in [-0.05, 0) is 18.6 Å². The van der Waals surface area contributed by atoms with Crippen LogP contribution in [0.1, 0.15) is 29.8 Å². The monoisotopic (exact) mass is 181 g/mol. The highest BCUT2D eigenvalue weighted by Crippen LogP contribution is 2.15. The SMILES string of the molecule is CC.Cc1cccc(N)c1C(=O)O. The molecule has 3 nitrogen and oxygen atoms in total. The molecule has 1 aromatic carbocycles. The summed E-state index contributed by atoms with van der Waals surface area (Å²) in [4.78, 5) is 10.6. The van der Waals surface area contributed by atoms with Gasteiger partial charge in [-0.2, -0.15) is 0 Å². The van der Waals surface area contributed by atoms with Crippen molar-refractivity contribution in [2.75, 3.05) is 5.73 Å². The molecule has 0 atom stereocenters. The molecule has 0 amide bonds. The summed E-state index contributed by atoms with van der Waals surface area (Å²) in [6, 6.07) is 5.04. The van der Waals surface area contributed by atoms with Gasteiger partial charge in [-0.3, -0.25) is 0 Å². The summed E-state index contributed by atoms with van der Waals surface area (Å²) in [5.41, 5.74) is 6.65. The normalized spacial score (nSPS) is 8.54. The Hall–Kier alpha value is -1.51. The van der Waals surface area contributed by atoms with Gasteiger partial charge in [0.1, 0.15) is 0 Å². The van der Waals surface area contributed by atoms with Crippen LogP contribution >= 0.6 is 0 Å². The van der Waals surface area contributed by atoms with Gasteiger partial charge >= 0.3 is 5.97 Å². The van der Waals surface area contributed by atoms with E-state index in [0.29, 0.717) is 11.3 Å². The summed E-state index contributed by atoms with van der Waals surface area (Å²) in [7, 11) is 0. The van der Waals surface area contributed by atoms with E-state index in [9.17, 15) is 4.79 Å². The van der Waals surface area contributed by atoms with E-state index in [1.807, 2.05) is 13.8 Å². The molecule has 0 spiro atoms. The standard InChI is InChI=1S/C8H9NO2.C2H6/c1-5-3-2-4-6(9)7(5)8(10)11;1-2/h2-4H,9H2,1H3,(H,10,11);1-2H3. The average molecular weight is 181 g/mol. The van der Waals surface area contributed by atoms with Crippen LogP contribution in [0, 0.1) is 6.92 Å². The highest BCUT2D eigenvalue weighted by molar-refractivity contribution is 5.95. The molecule has 1 aromatic rings. The van der Waals surface area contributed by atoms with E-state index in [1.165, 1.54) is 0 Å². The predicted octanol–water partition coefficient (Wildman–Crippen LogP) is 2.30. The maximum absolute atomic E-state index is 10.6. The second kappa shape index (κ2) is 5.19. The van der Waals surface area contributed by atoms with Gasteiger partial charge in [0.2, 0.25) is 0 Å². The van der Waals surface area contributed by atoms with Crippen LogP contribution in [-0.4, -0.2) is 11.1 Å². The third kappa shape index (κ3) is 2.78. The minimum Gasteiger partial charge on any atom is -0.478 e. The number of carboxylic acids is 1. The van der Waals surface area contributed by atoms with E-state index >= 15 is 0 Å². The van der Waals surface area contributed by atoms with E-state index in [0.717, 1.165) is 0 Å². The predicted molar refractivity (Wildman–Crippen MR) is 53.9 cm³/mol. The first-order valence-corrected chi connectivity index (χ1v) is 4.21. The lowest BCUT2D eigenvalue weighted by Crippen LogP contribution is -2.04. The van der Waals surface area contributed by atoms with Crippen molar-refractivity contribution in [1.29, 1.82) is 0 Å². The number of hydrogen-bond donors (Lipinski definition) is 2. The van der Waals surface area contributed by atoms with E-state index in [1.54, 1.807) is 25.1 Å². The number of carboxylic acid groups (broad SMARTS) is 1. The fourth-order valence-corrected chi connectivity index (χ4v) is 0.983. The van der Waals surface area contributed by atoms with Crippen LogP contribution in [0.2, 0.25) is 0 Å². The maximum atomic E-state index is 10.6. The van der Waals surface area contributed by atoms with Crippen molar-refractivity contribution < 1.29 is 9.90 Å². The summed E-state index contributed by atoms with van der Waals surface area (Å²) >= 11 is 0. The number of aromatic carboxylic acids is 1. The molecular weight excluding hydrogens is 166 g/mol. The van der Waals surface area contributed by atoms with E-state index in [-0.39, 0.29) is 5.56 Å². The van der Waals surface area contributed by atoms with Gasteiger partial charge in [0.15, 0.2) is 0 Å². The Morgan fingerprint density at radius 2 is 1.92 bits per heavy atom. The number of nitrogens with two attached hydrogens (primary N) is 1. The molecule has 0 heterocycles. The Kier molecular flexibility index (Phi) is 4.59. The van der Waals surface area contributed by atoms with Crippen LogP contribution in [0.15, 0.2) is 18.2 Å². The first-order valence-electron chi connectivity index (χ1n) is 4.21. The number of anilines is 1. The molecule has 13 heavy (non-hydrogen) atoms. The summed E-state index contributed by atoms with van der Waals surface area (Å²) in [6.45, 7) is 5.72. The quantitative estimate of drug-likeness (QED) is 0.653. The zero-order chi connectivity index (χ0) is 10.4. The summed E-state index contributed by atoms with van der Waals surface area (Å²) in [5, 5.41) is 8.67. The summed E-state index contributed by atoms with van der Waals surface area (Å²) < 4.78 is 0. The first-order chi connectivity index (χ1) is 6.13. The number of hydrogen-bond acceptors (Lipinski definition) is 2.